The van der Waals surface area contributed by atoms with E-state index in [1.807, 2.05) is 0 Å². The molecule has 0 aromatic carbocycles. The van der Waals surface area contributed by atoms with E-state index in [-0.39, 0.29) is 24.8 Å². The number of nitrogens with one attached hydrogen (secondary N) is 1. The first-order valence-corrected chi connectivity index (χ1v) is 6.89. The third-order valence-corrected chi connectivity index (χ3v) is 4.12. The zero-order valence-electron chi connectivity index (χ0n) is 11.4. The third-order valence-electron chi connectivity index (χ3n) is 4.12. The van der Waals surface area contributed by atoms with Crippen molar-refractivity contribution in [2.45, 2.75) is 50.9 Å². The second kappa shape index (κ2) is 7.41. The minimum Gasteiger partial charge on any atom is -0.317 e. The van der Waals surface area contributed by atoms with Crippen molar-refractivity contribution >= 4 is 24.8 Å². The van der Waals surface area contributed by atoms with Crippen LogP contribution >= 0.6 is 24.8 Å². The Morgan fingerprint density at radius 3 is 2.26 bits per heavy atom. The lowest BCUT2D eigenvalue weighted by atomic mass is 9.82. The first kappa shape index (κ1) is 16.7. The molecule has 2 aliphatic rings. The predicted octanol–water partition coefficient (Wildman–Crippen LogP) is 3.36. The summed E-state index contributed by atoms with van der Waals surface area (Å²) in [7, 11) is 0. The molecule has 5 heteroatoms. The average Bonchev–Trinajstić information content (AvgIpc) is 2.27. The molecule has 3 nitrogen and oxygen atoms in total. The minimum absolute atomic E-state index is 0. The highest BCUT2D eigenvalue weighted by atomic mass is 35.5. The molecule has 3 rings (SSSR count). The second-order valence-electron chi connectivity index (χ2n) is 5.44. The third kappa shape index (κ3) is 3.80. The van der Waals surface area contributed by atoms with E-state index in [0.29, 0.717) is 5.92 Å². The van der Waals surface area contributed by atoms with Crippen LogP contribution in [0.2, 0.25) is 0 Å². The summed E-state index contributed by atoms with van der Waals surface area (Å²) in [5.74, 6) is 2.40. The summed E-state index contributed by atoms with van der Waals surface area (Å²) in [5, 5.41) is 3.40. The van der Waals surface area contributed by atoms with Gasteiger partial charge < -0.3 is 5.32 Å². The van der Waals surface area contributed by atoms with Gasteiger partial charge in [-0.25, -0.2) is 9.97 Å². The number of piperidine rings is 1. The summed E-state index contributed by atoms with van der Waals surface area (Å²) < 4.78 is 0. The van der Waals surface area contributed by atoms with Crippen LogP contribution in [0.4, 0.5) is 0 Å². The van der Waals surface area contributed by atoms with Gasteiger partial charge in [0.05, 0.1) is 0 Å². The fraction of sp³-hybridized carbons (Fsp3) is 0.714. The van der Waals surface area contributed by atoms with Crippen LogP contribution in [-0.2, 0) is 0 Å². The zero-order valence-corrected chi connectivity index (χ0v) is 13.0. The molecule has 0 spiro atoms. The number of hydrogen-bond donors (Lipinski definition) is 1. The van der Waals surface area contributed by atoms with Gasteiger partial charge in [0.1, 0.15) is 5.82 Å². The summed E-state index contributed by atoms with van der Waals surface area (Å²) in [6.07, 6.45) is 6.39. The molecule has 1 N–H and O–H groups in total. The van der Waals surface area contributed by atoms with Crippen LogP contribution in [0.15, 0.2) is 6.07 Å². The van der Waals surface area contributed by atoms with Crippen LogP contribution in [0.3, 0.4) is 0 Å². The monoisotopic (exact) mass is 303 g/mol. The normalized spacial score (nSPS) is 20.1. The predicted molar refractivity (Wildman–Crippen MR) is 82.7 cm³/mol. The fourth-order valence-corrected chi connectivity index (χ4v) is 2.79. The van der Waals surface area contributed by atoms with E-state index >= 15 is 0 Å². The van der Waals surface area contributed by atoms with Gasteiger partial charge in [0.25, 0.3) is 0 Å². The molecule has 0 atom stereocenters. The topological polar surface area (TPSA) is 37.8 Å². The maximum Gasteiger partial charge on any atom is 0.132 e. The van der Waals surface area contributed by atoms with Crippen LogP contribution < -0.4 is 5.32 Å². The van der Waals surface area contributed by atoms with E-state index in [0.717, 1.165) is 30.5 Å². The molecule has 0 amide bonds. The Morgan fingerprint density at radius 1 is 1.00 bits per heavy atom. The molecule has 0 bridgehead atoms. The number of hydrogen-bond acceptors (Lipinski definition) is 3. The van der Waals surface area contributed by atoms with Crippen LogP contribution in [-0.4, -0.2) is 23.1 Å². The van der Waals surface area contributed by atoms with Gasteiger partial charge in [0.2, 0.25) is 0 Å². The Balaban J connectivity index is 0.000000902. The van der Waals surface area contributed by atoms with E-state index in [9.17, 15) is 0 Å². The number of nitrogens with zero attached hydrogens (tertiary/aromatic N) is 2. The van der Waals surface area contributed by atoms with Crippen molar-refractivity contribution in [1.82, 2.24) is 15.3 Å². The quantitative estimate of drug-likeness (QED) is 0.910. The molecule has 2 fully saturated rings. The largest absolute Gasteiger partial charge is 0.317 e. The number of aryl methyl sites for hydroxylation is 1. The van der Waals surface area contributed by atoms with Gasteiger partial charge in [-0.3, -0.25) is 0 Å². The summed E-state index contributed by atoms with van der Waals surface area (Å²) in [5.41, 5.74) is 2.45. The first-order valence-electron chi connectivity index (χ1n) is 6.89. The molecule has 2 heterocycles. The molecule has 1 saturated heterocycles. The molecule has 0 radical (unpaired) electrons. The molecule has 1 aromatic heterocycles. The van der Waals surface area contributed by atoms with Gasteiger partial charge in [-0.1, -0.05) is 6.42 Å². The van der Waals surface area contributed by atoms with Crippen LogP contribution in [0.1, 0.15) is 61.2 Å². The number of aromatic nitrogens is 2. The highest BCUT2D eigenvalue weighted by Crippen LogP contribution is 2.36. The Kier molecular flexibility index (Phi) is 6.51. The van der Waals surface area contributed by atoms with Gasteiger partial charge in [0.15, 0.2) is 0 Å². The van der Waals surface area contributed by atoms with Crippen molar-refractivity contribution in [3.63, 3.8) is 0 Å². The molecule has 1 aromatic rings. The molecular formula is C14H23Cl2N3. The molecule has 108 valence electrons. The van der Waals surface area contributed by atoms with Gasteiger partial charge in [-0.2, -0.15) is 0 Å². The number of halogens is 2. The zero-order chi connectivity index (χ0) is 11.7. The smallest absolute Gasteiger partial charge is 0.132 e. The number of rotatable bonds is 2. The van der Waals surface area contributed by atoms with Crippen molar-refractivity contribution in [3.05, 3.63) is 23.3 Å². The van der Waals surface area contributed by atoms with Crippen LogP contribution in [0.5, 0.6) is 0 Å². The maximum absolute atomic E-state index is 4.84. The lowest BCUT2D eigenvalue weighted by Gasteiger charge is -2.27. The molecule has 0 unspecified atom stereocenters. The summed E-state index contributed by atoms with van der Waals surface area (Å²) >= 11 is 0. The Morgan fingerprint density at radius 2 is 1.68 bits per heavy atom. The highest BCUT2D eigenvalue weighted by molar-refractivity contribution is 5.85. The van der Waals surface area contributed by atoms with Crippen molar-refractivity contribution in [3.8, 4) is 0 Å². The summed E-state index contributed by atoms with van der Waals surface area (Å²) in [6.45, 7) is 4.33. The van der Waals surface area contributed by atoms with Crippen LogP contribution in [0, 0.1) is 6.92 Å². The van der Waals surface area contributed by atoms with Crippen molar-refractivity contribution in [2.75, 3.05) is 13.1 Å². The lowest BCUT2D eigenvalue weighted by Crippen LogP contribution is -2.28. The van der Waals surface area contributed by atoms with E-state index in [1.54, 1.807) is 0 Å². The highest BCUT2D eigenvalue weighted by Gasteiger charge is 2.24. The molecule has 1 aliphatic carbocycles. The standard InChI is InChI=1S/C14H21N3.2ClH/c1-10-9-13(11-3-2-4-11)17-14(16-10)12-5-7-15-8-6-12;;/h9,11-12,15H,2-8H2,1H3;2*1H. The second-order valence-corrected chi connectivity index (χ2v) is 5.44. The van der Waals surface area contributed by atoms with E-state index in [1.165, 1.54) is 37.8 Å². The van der Waals surface area contributed by atoms with Crippen molar-refractivity contribution in [1.29, 1.82) is 0 Å². The first-order chi connectivity index (χ1) is 8.33. The van der Waals surface area contributed by atoms with Gasteiger partial charge in [0, 0.05) is 23.2 Å². The Bertz CT molecular complexity index is 402. The average molecular weight is 304 g/mol. The van der Waals surface area contributed by atoms with E-state index < -0.39 is 0 Å². The SMILES string of the molecule is Cc1cc(C2CCC2)nc(C2CCNCC2)n1.Cl.Cl. The summed E-state index contributed by atoms with van der Waals surface area (Å²) in [4.78, 5) is 9.50. The van der Waals surface area contributed by atoms with Crippen molar-refractivity contribution < 1.29 is 0 Å². The van der Waals surface area contributed by atoms with E-state index in [4.69, 9.17) is 4.98 Å². The summed E-state index contributed by atoms with van der Waals surface area (Å²) in [6, 6.07) is 2.19. The maximum atomic E-state index is 4.84. The Labute approximate surface area is 127 Å². The fourth-order valence-electron chi connectivity index (χ4n) is 2.79. The van der Waals surface area contributed by atoms with Crippen LogP contribution in [0.25, 0.3) is 0 Å². The Hall–Kier alpha value is -0.380. The van der Waals surface area contributed by atoms with Crippen molar-refractivity contribution in [2.24, 2.45) is 0 Å². The lowest BCUT2D eigenvalue weighted by molar-refractivity contribution is 0.402. The molecular weight excluding hydrogens is 281 g/mol. The van der Waals surface area contributed by atoms with E-state index in [2.05, 4.69) is 23.3 Å². The van der Waals surface area contributed by atoms with Gasteiger partial charge in [-0.15, -0.1) is 24.8 Å². The van der Waals surface area contributed by atoms with Gasteiger partial charge >= 0.3 is 0 Å². The molecule has 1 aliphatic heterocycles. The minimum atomic E-state index is 0. The van der Waals surface area contributed by atoms with Gasteiger partial charge in [-0.05, 0) is 51.8 Å². The molecule has 19 heavy (non-hydrogen) atoms. The molecule has 1 saturated carbocycles.